The Labute approximate surface area is 102 Å². The van der Waals surface area contributed by atoms with Crippen LogP contribution < -0.4 is 5.32 Å². The summed E-state index contributed by atoms with van der Waals surface area (Å²) in [5, 5.41) is 11.9. The van der Waals surface area contributed by atoms with Crippen molar-refractivity contribution in [3.63, 3.8) is 0 Å². The van der Waals surface area contributed by atoms with E-state index in [4.69, 9.17) is 5.11 Å². The summed E-state index contributed by atoms with van der Waals surface area (Å²) in [5.74, 6) is 0.342. The molecule has 1 saturated heterocycles. The van der Waals surface area contributed by atoms with Crippen molar-refractivity contribution in [2.45, 2.75) is 32.8 Å². The molecule has 92 valence electrons. The van der Waals surface area contributed by atoms with Crippen LogP contribution in [0.2, 0.25) is 0 Å². The Morgan fingerprint density at radius 2 is 2.06 bits per heavy atom. The molecule has 3 heteroatoms. The lowest BCUT2D eigenvalue weighted by Gasteiger charge is -2.28. The summed E-state index contributed by atoms with van der Waals surface area (Å²) in [6.45, 7) is 4.96. The molecule has 1 aromatic rings. The third-order valence-electron chi connectivity index (χ3n) is 4.07. The molecule has 3 nitrogen and oxygen atoms in total. The van der Waals surface area contributed by atoms with Gasteiger partial charge in [-0.25, -0.2) is 0 Å². The first-order valence-corrected chi connectivity index (χ1v) is 6.06. The number of amides is 1. The number of hydrogen-bond donors (Lipinski definition) is 2. The zero-order chi connectivity index (χ0) is 12.5. The van der Waals surface area contributed by atoms with E-state index in [-0.39, 0.29) is 23.8 Å². The molecule has 1 heterocycles. The van der Waals surface area contributed by atoms with E-state index in [1.54, 1.807) is 0 Å². The lowest BCUT2D eigenvalue weighted by Crippen LogP contribution is -2.33. The zero-order valence-corrected chi connectivity index (χ0v) is 10.4. The molecule has 1 aromatic carbocycles. The molecule has 2 N–H and O–H groups in total. The molecule has 0 spiro atoms. The minimum atomic E-state index is -0.305. The van der Waals surface area contributed by atoms with E-state index in [0.29, 0.717) is 0 Å². The van der Waals surface area contributed by atoms with Crippen molar-refractivity contribution >= 4 is 5.91 Å². The normalized spacial score (nSPS) is 25.7. The second-order valence-corrected chi connectivity index (χ2v) is 5.04. The van der Waals surface area contributed by atoms with E-state index in [1.165, 1.54) is 0 Å². The van der Waals surface area contributed by atoms with Crippen molar-refractivity contribution < 1.29 is 9.90 Å². The molecule has 0 aliphatic carbocycles. The van der Waals surface area contributed by atoms with Crippen molar-refractivity contribution in [1.29, 1.82) is 0 Å². The molecule has 17 heavy (non-hydrogen) atoms. The van der Waals surface area contributed by atoms with Gasteiger partial charge in [-0.15, -0.1) is 0 Å². The van der Waals surface area contributed by atoms with Gasteiger partial charge in [0.15, 0.2) is 0 Å². The Balaban J connectivity index is 2.24. The summed E-state index contributed by atoms with van der Waals surface area (Å²) < 4.78 is 0. The topological polar surface area (TPSA) is 49.3 Å². The first-order chi connectivity index (χ1) is 8.08. The maximum Gasteiger partial charge on any atom is 0.226 e. The Bertz CT molecular complexity index is 413. The number of nitrogens with one attached hydrogen (secondary N) is 1. The Kier molecular flexibility index (Phi) is 3.20. The van der Waals surface area contributed by atoms with Crippen molar-refractivity contribution in [2.75, 3.05) is 6.54 Å². The SMILES string of the molecule is CC(c1ccc(CO)cc1)[C@]1(C)CCNC1=O. The number of hydrogen-bond acceptors (Lipinski definition) is 2. The van der Waals surface area contributed by atoms with Crippen LogP contribution in [0.15, 0.2) is 24.3 Å². The summed E-state index contributed by atoms with van der Waals surface area (Å²) >= 11 is 0. The predicted molar refractivity (Wildman–Crippen MR) is 66.5 cm³/mol. The number of carbonyl (C=O) groups is 1. The third kappa shape index (κ3) is 2.07. The van der Waals surface area contributed by atoms with Gasteiger partial charge < -0.3 is 10.4 Å². The number of carbonyl (C=O) groups excluding carboxylic acids is 1. The van der Waals surface area contributed by atoms with Gasteiger partial charge in [-0.2, -0.15) is 0 Å². The number of benzene rings is 1. The molecule has 1 amide bonds. The monoisotopic (exact) mass is 233 g/mol. The number of aliphatic hydroxyl groups excluding tert-OH is 1. The standard InChI is InChI=1S/C14H19NO2/c1-10(14(2)7-8-15-13(14)17)12-5-3-11(9-16)4-6-12/h3-6,10,16H,7-9H2,1-2H3,(H,15,17)/t10?,14-/m0/s1. The maximum atomic E-state index is 11.9. The van der Waals surface area contributed by atoms with E-state index < -0.39 is 0 Å². The van der Waals surface area contributed by atoms with E-state index in [1.807, 2.05) is 31.2 Å². The van der Waals surface area contributed by atoms with Gasteiger partial charge in [-0.05, 0) is 23.5 Å². The average molecular weight is 233 g/mol. The highest BCUT2D eigenvalue weighted by atomic mass is 16.3. The van der Waals surface area contributed by atoms with Crippen LogP contribution in [0.4, 0.5) is 0 Å². The molecule has 2 atom stereocenters. The molecular formula is C14H19NO2. The fraction of sp³-hybridized carbons (Fsp3) is 0.500. The molecule has 1 fully saturated rings. The van der Waals surface area contributed by atoms with E-state index in [9.17, 15) is 4.79 Å². The van der Waals surface area contributed by atoms with Gasteiger partial charge in [0.05, 0.1) is 12.0 Å². The van der Waals surface area contributed by atoms with Crippen molar-refractivity contribution in [3.05, 3.63) is 35.4 Å². The van der Waals surface area contributed by atoms with Crippen LogP contribution in [0, 0.1) is 5.41 Å². The zero-order valence-electron chi connectivity index (χ0n) is 10.4. The minimum Gasteiger partial charge on any atom is -0.392 e. The second kappa shape index (κ2) is 4.49. The largest absolute Gasteiger partial charge is 0.392 e. The maximum absolute atomic E-state index is 11.9. The van der Waals surface area contributed by atoms with Crippen LogP contribution in [0.25, 0.3) is 0 Å². The smallest absolute Gasteiger partial charge is 0.226 e. The summed E-state index contributed by atoms with van der Waals surface area (Å²) in [6.07, 6.45) is 0.884. The van der Waals surface area contributed by atoms with Crippen LogP contribution in [0.3, 0.4) is 0 Å². The van der Waals surface area contributed by atoms with Gasteiger partial charge in [0, 0.05) is 6.54 Å². The quantitative estimate of drug-likeness (QED) is 0.836. The van der Waals surface area contributed by atoms with E-state index >= 15 is 0 Å². The lowest BCUT2D eigenvalue weighted by atomic mass is 9.73. The Morgan fingerprint density at radius 3 is 2.53 bits per heavy atom. The highest BCUT2D eigenvalue weighted by Crippen LogP contribution is 2.41. The lowest BCUT2D eigenvalue weighted by molar-refractivity contribution is -0.127. The molecule has 1 aliphatic rings. The highest BCUT2D eigenvalue weighted by Gasteiger charge is 2.42. The first kappa shape index (κ1) is 12.1. The van der Waals surface area contributed by atoms with Gasteiger partial charge in [0.25, 0.3) is 0 Å². The van der Waals surface area contributed by atoms with Gasteiger partial charge in [0.2, 0.25) is 5.91 Å². The summed E-state index contributed by atoms with van der Waals surface area (Å²) in [7, 11) is 0. The molecule has 0 aromatic heterocycles. The molecule has 2 rings (SSSR count). The summed E-state index contributed by atoms with van der Waals surface area (Å²) in [6, 6.07) is 7.85. The van der Waals surface area contributed by atoms with Crippen LogP contribution >= 0.6 is 0 Å². The molecule has 1 unspecified atom stereocenters. The fourth-order valence-corrected chi connectivity index (χ4v) is 2.44. The Hall–Kier alpha value is -1.35. The predicted octanol–water partition coefficient (Wildman–Crippen LogP) is 1.81. The molecular weight excluding hydrogens is 214 g/mol. The fourth-order valence-electron chi connectivity index (χ4n) is 2.44. The van der Waals surface area contributed by atoms with Crippen molar-refractivity contribution in [2.24, 2.45) is 5.41 Å². The van der Waals surface area contributed by atoms with Gasteiger partial charge in [-0.3, -0.25) is 4.79 Å². The number of aliphatic hydroxyl groups is 1. The minimum absolute atomic E-state index is 0.0619. The van der Waals surface area contributed by atoms with Gasteiger partial charge >= 0.3 is 0 Å². The van der Waals surface area contributed by atoms with Crippen molar-refractivity contribution in [3.8, 4) is 0 Å². The van der Waals surface area contributed by atoms with Crippen LogP contribution in [-0.2, 0) is 11.4 Å². The van der Waals surface area contributed by atoms with Crippen LogP contribution in [0.1, 0.15) is 37.3 Å². The van der Waals surface area contributed by atoms with E-state index in [0.717, 1.165) is 24.1 Å². The molecule has 0 bridgehead atoms. The van der Waals surface area contributed by atoms with Gasteiger partial charge in [-0.1, -0.05) is 38.1 Å². The first-order valence-electron chi connectivity index (χ1n) is 6.06. The van der Waals surface area contributed by atoms with E-state index in [2.05, 4.69) is 12.2 Å². The third-order valence-corrected chi connectivity index (χ3v) is 4.07. The van der Waals surface area contributed by atoms with Crippen LogP contribution in [0.5, 0.6) is 0 Å². The molecule has 1 aliphatic heterocycles. The summed E-state index contributed by atoms with van der Waals surface area (Å²) in [5.41, 5.74) is 1.75. The van der Waals surface area contributed by atoms with Gasteiger partial charge in [0.1, 0.15) is 0 Å². The van der Waals surface area contributed by atoms with Crippen LogP contribution in [-0.4, -0.2) is 17.6 Å². The molecule has 0 radical (unpaired) electrons. The second-order valence-electron chi connectivity index (χ2n) is 5.04. The Morgan fingerprint density at radius 1 is 1.41 bits per heavy atom. The molecule has 0 saturated carbocycles. The highest BCUT2D eigenvalue weighted by molar-refractivity contribution is 5.85. The summed E-state index contributed by atoms with van der Waals surface area (Å²) in [4.78, 5) is 11.9. The average Bonchev–Trinajstić information content (AvgIpc) is 2.70. The number of rotatable bonds is 3. The van der Waals surface area contributed by atoms with Crippen molar-refractivity contribution in [1.82, 2.24) is 5.32 Å².